The van der Waals surface area contributed by atoms with E-state index < -0.39 is 0 Å². The molecule has 1 amide bonds. The van der Waals surface area contributed by atoms with Gasteiger partial charge in [-0.25, -0.2) is 0 Å². The quantitative estimate of drug-likeness (QED) is 0.295. The molecular weight excluding hydrogens is 310 g/mol. The van der Waals surface area contributed by atoms with Crippen LogP contribution in [0.3, 0.4) is 0 Å². The van der Waals surface area contributed by atoms with Crippen molar-refractivity contribution in [1.29, 1.82) is 0 Å². The largest absolute Gasteiger partial charge is 0.508 e. The van der Waals surface area contributed by atoms with Crippen LogP contribution in [0.15, 0.2) is 36.4 Å². The van der Waals surface area contributed by atoms with Crippen LogP contribution in [0.25, 0.3) is 0 Å². The third-order valence-electron chi connectivity index (χ3n) is 4.30. The normalized spacial score (nSPS) is 11.1. The van der Waals surface area contributed by atoms with Crippen molar-refractivity contribution in [1.82, 2.24) is 0 Å². The molecule has 1 rings (SSSR count). The van der Waals surface area contributed by atoms with Crippen molar-refractivity contribution in [2.75, 3.05) is 5.32 Å². The minimum Gasteiger partial charge on any atom is -0.508 e. The van der Waals surface area contributed by atoms with Crippen molar-refractivity contribution < 1.29 is 9.90 Å². The van der Waals surface area contributed by atoms with E-state index in [-0.39, 0.29) is 11.7 Å². The third kappa shape index (κ3) is 12.3. The van der Waals surface area contributed by atoms with E-state index in [9.17, 15) is 9.90 Å². The summed E-state index contributed by atoms with van der Waals surface area (Å²) in [5.74, 6) is 0.199. The van der Waals surface area contributed by atoms with Gasteiger partial charge in [0.25, 0.3) is 0 Å². The maximum atomic E-state index is 11.8. The number of amides is 1. The molecule has 0 fully saturated rings. The molecule has 0 radical (unpaired) electrons. The van der Waals surface area contributed by atoms with Crippen molar-refractivity contribution in [2.24, 2.45) is 0 Å². The Balaban J connectivity index is 1.91. The molecule has 0 aliphatic rings. The number of phenols is 1. The second kappa shape index (κ2) is 14.6. The van der Waals surface area contributed by atoms with Gasteiger partial charge in [-0.05, 0) is 44.2 Å². The summed E-state index contributed by atoms with van der Waals surface area (Å²) in [4.78, 5) is 11.8. The molecule has 0 saturated heterocycles. The first kappa shape index (κ1) is 21.3. The predicted octanol–water partition coefficient (Wildman–Crippen LogP) is 6.59. The minimum absolute atomic E-state index is 0.0246. The van der Waals surface area contributed by atoms with Crippen LogP contribution in [0.2, 0.25) is 0 Å². The molecule has 3 heteroatoms. The summed E-state index contributed by atoms with van der Waals surface area (Å²) in [5, 5.41) is 12.2. The molecule has 1 aromatic rings. The molecule has 0 spiro atoms. The van der Waals surface area contributed by atoms with E-state index in [1.54, 1.807) is 24.3 Å². The van der Waals surface area contributed by atoms with Gasteiger partial charge >= 0.3 is 0 Å². The average molecular weight is 346 g/mol. The number of unbranched alkanes of at least 4 members (excludes halogenated alkanes) is 9. The highest BCUT2D eigenvalue weighted by Gasteiger charge is 2.02. The number of benzene rings is 1. The standard InChI is InChI=1S/C22H35NO2/c1-2-3-4-5-6-7-8-9-10-11-12-13-14-18-22(25)23-20-16-15-17-21(24)19-20/h7-8,15-17,19,24H,2-6,9-14,18H2,1H3,(H,23,25)/b8-7-. The summed E-state index contributed by atoms with van der Waals surface area (Å²) < 4.78 is 0. The Morgan fingerprint density at radius 2 is 1.60 bits per heavy atom. The molecule has 25 heavy (non-hydrogen) atoms. The van der Waals surface area contributed by atoms with Gasteiger partial charge in [-0.3, -0.25) is 4.79 Å². The zero-order valence-corrected chi connectivity index (χ0v) is 15.8. The van der Waals surface area contributed by atoms with Crippen molar-refractivity contribution in [3.8, 4) is 5.75 Å². The lowest BCUT2D eigenvalue weighted by Crippen LogP contribution is -2.10. The van der Waals surface area contributed by atoms with Crippen LogP contribution >= 0.6 is 0 Å². The smallest absolute Gasteiger partial charge is 0.224 e. The molecule has 0 atom stereocenters. The van der Waals surface area contributed by atoms with E-state index >= 15 is 0 Å². The molecule has 0 saturated carbocycles. The summed E-state index contributed by atoms with van der Waals surface area (Å²) in [6.07, 6.45) is 18.7. The molecule has 0 heterocycles. The number of hydrogen-bond donors (Lipinski definition) is 2. The summed E-state index contributed by atoms with van der Waals surface area (Å²) in [5.41, 5.74) is 0.659. The second-order valence-corrected chi connectivity index (χ2v) is 6.73. The highest BCUT2D eigenvalue weighted by molar-refractivity contribution is 5.90. The number of phenolic OH excluding ortho intramolecular Hbond substituents is 1. The fourth-order valence-corrected chi connectivity index (χ4v) is 2.81. The SMILES string of the molecule is CCCCCC/C=C\CCCCCCCC(=O)Nc1cccc(O)c1. The Hall–Kier alpha value is -1.77. The number of nitrogens with one attached hydrogen (secondary N) is 1. The van der Waals surface area contributed by atoms with Gasteiger partial charge in [-0.2, -0.15) is 0 Å². The Bertz CT molecular complexity index is 497. The van der Waals surface area contributed by atoms with Gasteiger partial charge in [-0.15, -0.1) is 0 Å². The van der Waals surface area contributed by atoms with E-state index in [4.69, 9.17) is 0 Å². The minimum atomic E-state index is 0.0246. The molecule has 0 aromatic heterocycles. The number of carbonyl (C=O) groups is 1. The molecule has 140 valence electrons. The van der Waals surface area contributed by atoms with Crippen LogP contribution in [-0.4, -0.2) is 11.0 Å². The first-order valence-electron chi connectivity index (χ1n) is 9.96. The second-order valence-electron chi connectivity index (χ2n) is 6.73. The molecule has 0 aliphatic carbocycles. The number of rotatable bonds is 14. The lowest BCUT2D eigenvalue weighted by molar-refractivity contribution is -0.116. The van der Waals surface area contributed by atoms with Gasteiger partial charge in [-0.1, -0.05) is 63.7 Å². The molecule has 0 bridgehead atoms. The Labute approximate surface area is 153 Å². The monoisotopic (exact) mass is 345 g/mol. The third-order valence-corrected chi connectivity index (χ3v) is 4.30. The van der Waals surface area contributed by atoms with Crippen molar-refractivity contribution >= 4 is 11.6 Å². The number of anilines is 1. The van der Waals surface area contributed by atoms with E-state index in [0.29, 0.717) is 12.1 Å². The zero-order valence-electron chi connectivity index (χ0n) is 15.8. The number of allylic oxidation sites excluding steroid dienone is 2. The van der Waals surface area contributed by atoms with E-state index in [1.165, 1.54) is 57.8 Å². The van der Waals surface area contributed by atoms with Crippen molar-refractivity contribution in [3.63, 3.8) is 0 Å². The summed E-state index contributed by atoms with van der Waals surface area (Å²) in [7, 11) is 0. The van der Waals surface area contributed by atoms with E-state index in [2.05, 4.69) is 24.4 Å². The molecule has 3 nitrogen and oxygen atoms in total. The van der Waals surface area contributed by atoms with Crippen molar-refractivity contribution in [3.05, 3.63) is 36.4 Å². The van der Waals surface area contributed by atoms with Crippen LogP contribution < -0.4 is 5.32 Å². The average Bonchev–Trinajstić information content (AvgIpc) is 2.59. The maximum Gasteiger partial charge on any atom is 0.224 e. The summed E-state index contributed by atoms with van der Waals surface area (Å²) >= 11 is 0. The van der Waals surface area contributed by atoms with Gasteiger partial charge < -0.3 is 10.4 Å². The fourth-order valence-electron chi connectivity index (χ4n) is 2.81. The maximum absolute atomic E-state index is 11.8. The topological polar surface area (TPSA) is 49.3 Å². The lowest BCUT2D eigenvalue weighted by atomic mass is 10.1. The van der Waals surface area contributed by atoms with Gasteiger partial charge in [0.1, 0.15) is 5.75 Å². The molecule has 1 aromatic carbocycles. The predicted molar refractivity (Wildman–Crippen MR) is 107 cm³/mol. The van der Waals surface area contributed by atoms with Gasteiger partial charge in [0.15, 0.2) is 0 Å². The van der Waals surface area contributed by atoms with Gasteiger partial charge in [0.05, 0.1) is 0 Å². The summed E-state index contributed by atoms with van der Waals surface area (Å²) in [6.45, 7) is 2.25. The summed E-state index contributed by atoms with van der Waals surface area (Å²) in [6, 6.07) is 6.67. The number of hydrogen-bond acceptors (Lipinski definition) is 2. The van der Waals surface area contributed by atoms with Crippen LogP contribution in [0.1, 0.15) is 84.0 Å². The zero-order chi connectivity index (χ0) is 18.2. The van der Waals surface area contributed by atoms with Gasteiger partial charge in [0.2, 0.25) is 5.91 Å². The lowest BCUT2D eigenvalue weighted by Gasteiger charge is -2.05. The van der Waals surface area contributed by atoms with E-state index in [1.807, 2.05) is 0 Å². The molecule has 0 unspecified atom stereocenters. The first-order chi connectivity index (χ1) is 12.2. The Kier molecular flexibility index (Phi) is 12.4. The first-order valence-corrected chi connectivity index (χ1v) is 9.96. The number of aromatic hydroxyl groups is 1. The molecular formula is C22H35NO2. The van der Waals surface area contributed by atoms with Crippen molar-refractivity contribution in [2.45, 2.75) is 84.0 Å². The van der Waals surface area contributed by atoms with Crippen LogP contribution in [0, 0.1) is 0 Å². The highest BCUT2D eigenvalue weighted by Crippen LogP contribution is 2.16. The van der Waals surface area contributed by atoms with Gasteiger partial charge in [0, 0.05) is 18.2 Å². The Morgan fingerprint density at radius 1 is 0.960 bits per heavy atom. The number of carbonyl (C=O) groups excluding carboxylic acids is 1. The van der Waals surface area contributed by atoms with E-state index in [0.717, 1.165) is 12.8 Å². The van der Waals surface area contributed by atoms with Crippen LogP contribution in [0.5, 0.6) is 5.75 Å². The highest BCUT2D eigenvalue weighted by atomic mass is 16.3. The molecule has 0 aliphatic heterocycles. The Morgan fingerprint density at radius 3 is 2.28 bits per heavy atom. The molecule has 2 N–H and O–H groups in total. The van der Waals surface area contributed by atoms with Crippen LogP contribution in [-0.2, 0) is 4.79 Å². The fraction of sp³-hybridized carbons (Fsp3) is 0.591. The van der Waals surface area contributed by atoms with Crippen LogP contribution in [0.4, 0.5) is 5.69 Å².